The van der Waals surface area contributed by atoms with Gasteiger partial charge >= 0.3 is 12.0 Å². The van der Waals surface area contributed by atoms with E-state index in [0.29, 0.717) is 0 Å². The minimum atomic E-state index is -1.08. The molecule has 0 unspecified atom stereocenters. The molecule has 0 bridgehead atoms. The number of hydrogen-bond acceptors (Lipinski definition) is 3. The Morgan fingerprint density at radius 1 is 1.44 bits per heavy atom. The van der Waals surface area contributed by atoms with Crippen LogP contribution in [0.25, 0.3) is 0 Å². The summed E-state index contributed by atoms with van der Waals surface area (Å²) in [7, 11) is 1.79. The van der Waals surface area contributed by atoms with Gasteiger partial charge in [-0.25, -0.2) is 4.79 Å². The summed E-state index contributed by atoms with van der Waals surface area (Å²) in [4.78, 5) is 21.6. The van der Waals surface area contributed by atoms with Crippen LogP contribution >= 0.6 is 15.9 Å². The SMILES string of the molecule is CCc1nn(C)c(CNC(=O)NCC(=O)O)c1Br. The number of carbonyl (C=O) groups is 2. The van der Waals surface area contributed by atoms with Crippen molar-refractivity contribution in [2.45, 2.75) is 19.9 Å². The van der Waals surface area contributed by atoms with Crippen molar-refractivity contribution in [2.24, 2.45) is 7.05 Å². The molecule has 0 fully saturated rings. The van der Waals surface area contributed by atoms with E-state index < -0.39 is 18.5 Å². The predicted octanol–water partition coefficient (Wildman–Crippen LogP) is 0.629. The van der Waals surface area contributed by atoms with E-state index in [-0.39, 0.29) is 6.54 Å². The smallest absolute Gasteiger partial charge is 0.323 e. The number of amides is 2. The van der Waals surface area contributed by atoms with Gasteiger partial charge in [0.05, 0.1) is 22.4 Å². The van der Waals surface area contributed by atoms with Gasteiger partial charge in [-0.3, -0.25) is 9.48 Å². The fourth-order valence-electron chi connectivity index (χ4n) is 1.39. The fourth-order valence-corrected chi connectivity index (χ4v) is 2.15. The number of carbonyl (C=O) groups excluding carboxylic acids is 1. The fraction of sp³-hybridized carbons (Fsp3) is 0.500. The van der Waals surface area contributed by atoms with E-state index in [0.717, 1.165) is 22.3 Å². The number of nitrogens with zero attached hydrogens (tertiary/aromatic N) is 2. The molecule has 2 amide bonds. The van der Waals surface area contributed by atoms with Crippen molar-refractivity contribution in [3.8, 4) is 0 Å². The highest BCUT2D eigenvalue weighted by molar-refractivity contribution is 9.10. The van der Waals surface area contributed by atoms with Crippen molar-refractivity contribution in [1.29, 1.82) is 0 Å². The monoisotopic (exact) mass is 318 g/mol. The van der Waals surface area contributed by atoms with Gasteiger partial charge in [0.1, 0.15) is 6.54 Å². The molecule has 0 radical (unpaired) electrons. The maximum atomic E-state index is 11.3. The van der Waals surface area contributed by atoms with Crippen LogP contribution in [0.5, 0.6) is 0 Å². The summed E-state index contributed by atoms with van der Waals surface area (Å²) in [6.45, 7) is 1.86. The number of nitrogens with one attached hydrogen (secondary N) is 2. The lowest BCUT2D eigenvalue weighted by Crippen LogP contribution is -2.38. The molecular formula is C10H15BrN4O3. The van der Waals surface area contributed by atoms with Gasteiger partial charge in [-0.05, 0) is 22.4 Å². The first-order chi connectivity index (χ1) is 8.45. The van der Waals surface area contributed by atoms with Crippen LogP contribution in [0.15, 0.2) is 4.47 Å². The topological polar surface area (TPSA) is 96.3 Å². The zero-order chi connectivity index (χ0) is 13.7. The van der Waals surface area contributed by atoms with Crippen molar-refractivity contribution in [1.82, 2.24) is 20.4 Å². The first kappa shape index (κ1) is 14.5. The summed E-state index contributed by atoms with van der Waals surface area (Å²) < 4.78 is 2.55. The normalized spacial score (nSPS) is 10.2. The Morgan fingerprint density at radius 3 is 2.61 bits per heavy atom. The number of halogens is 1. The maximum absolute atomic E-state index is 11.3. The standard InChI is InChI=1S/C10H15BrN4O3/c1-3-6-9(11)7(15(2)14-6)4-12-10(18)13-5-8(16)17/h3-5H2,1-2H3,(H,16,17)(H2,12,13,18). The van der Waals surface area contributed by atoms with E-state index in [1.54, 1.807) is 11.7 Å². The van der Waals surface area contributed by atoms with E-state index in [4.69, 9.17) is 5.11 Å². The summed E-state index contributed by atoms with van der Waals surface area (Å²) in [5, 5.41) is 17.5. The highest BCUT2D eigenvalue weighted by Gasteiger charge is 2.13. The van der Waals surface area contributed by atoms with Gasteiger partial charge in [0.25, 0.3) is 0 Å². The first-order valence-electron chi connectivity index (χ1n) is 5.39. The minimum absolute atomic E-state index is 0.273. The van der Waals surface area contributed by atoms with Crippen LogP contribution < -0.4 is 10.6 Å². The summed E-state index contributed by atoms with van der Waals surface area (Å²) in [5.41, 5.74) is 1.75. The number of aromatic nitrogens is 2. The third kappa shape index (κ3) is 3.73. The molecule has 1 aromatic rings. The molecule has 1 aromatic heterocycles. The van der Waals surface area contributed by atoms with Crippen LogP contribution in [0.4, 0.5) is 4.79 Å². The highest BCUT2D eigenvalue weighted by Crippen LogP contribution is 2.21. The molecule has 0 aliphatic carbocycles. The lowest BCUT2D eigenvalue weighted by Gasteiger charge is -2.06. The highest BCUT2D eigenvalue weighted by atomic mass is 79.9. The lowest BCUT2D eigenvalue weighted by atomic mass is 10.3. The van der Waals surface area contributed by atoms with Gasteiger partial charge in [0.15, 0.2) is 0 Å². The van der Waals surface area contributed by atoms with Gasteiger partial charge in [-0.2, -0.15) is 5.10 Å². The van der Waals surface area contributed by atoms with E-state index in [9.17, 15) is 9.59 Å². The minimum Gasteiger partial charge on any atom is -0.480 e. The summed E-state index contributed by atoms with van der Waals surface area (Å²) >= 11 is 3.43. The molecule has 3 N–H and O–H groups in total. The average molecular weight is 319 g/mol. The van der Waals surface area contributed by atoms with E-state index in [2.05, 4.69) is 31.7 Å². The second-order valence-corrected chi connectivity index (χ2v) is 4.41. The lowest BCUT2D eigenvalue weighted by molar-refractivity contribution is -0.135. The van der Waals surface area contributed by atoms with Crippen LogP contribution in [0.3, 0.4) is 0 Å². The van der Waals surface area contributed by atoms with Crippen molar-refractivity contribution >= 4 is 27.9 Å². The van der Waals surface area contributed by atoms with Crippen LogP contribution in [-0.2, 0) is 24.8 Å². The van der Waals surface area contributed by atoms with Gasteiger partial charge in [-0.15, -0.1) is 0 Å². The molecule has 0 saturated heterocycles. The van der Waals surface area contributed by atoms with Gasteiger partial charge in [-0.1, -0.05) is 6.92 Å². The molecular weight excluding hydrogens is 304 g/mol. The number of carboxylic acids is 1. The number of aliphatic carboxylic acids is 1. The number of urea groups is 1. The predicted molar refractivity (Wildman–Crippen MR) is 68.2 cm³/mol. The molecule has 0 atom stereocenters. The third-order valence-corrected chi connectivity index (χ3v) is 3.23. The van der Waals surface area contributed by atoms with Crippen molar-refractivity contribution in [3.63, 3.8) is 0 Å². The molecule has 100 valence electrons. The zero-order valence-corrected chi connectivity index (χ0v) is 11.7. The Hall–Kier alpha value is -1.57. The van der Waals surface area contributed by atoms with Gasteiger partial charge in [0.2, 0.25) is 0 Å². The quantitative estimate of drug-likeness (QED) is 0.741. The Morgan fingerprint density at radius 2 is 2.11 bits per heavy atom. The molecule has 18 heavy (non-hydrogen) atoms. The summed E-state index contributed by atoms with van der Waals surface area (Å²) in [6, 6.07) is -0.524. The van der Waals surface area contributed by atoms with Crippen LogP contribution in [0.1, 0.15) is 18.3 Å². The molecule has 1 rings (SSSR count). The van der Waals surface area contributed by atoms with Crippen molar-refractivity contribution in [3.05, 3.63) is 15.9 Å². The summed E-state index contributed by atoms with van der Waals surface area (Å²) in [6.07, 6.45) is 0.791. The number of aryl methyl sites for hydroxylation is 2. The van der Waals surface area contributed by atoms with Crippen LogP contribution in [0, 0.1) is 0 Å². The second kappa shape index (κ2) is 6.39. The number of carboxylic acid groups (broad SMARTS) is 1. The van der Waals surface area contributed by atoms with Crippen LogP contribution in [0.2, 0.25) is 0 Å². The van der Waals surface area contributed by atoms with Crippen molar-refractivity contribution < 1.29 is 14.7 Å². The van der Waals surface area contributed by atoms with Gasteiger partial charge < -0.3 is 15.7 Å². The molecule has 0 aliphatic rings. The maximum Gasteiger partial charge on any atom is 0.323 e. The summed E-state index contributed by atoms with van der Waals surface area (Å²) in [5.74, 6) is -1.08. The molecule has 1 heterocycles. The molecule has 8 heteroatoms. The van der Waals surface area contributed by atoms with Crippen LogP contribution in [-0.4, -0.2) is 33.4 Å². The third-order valence-electron chi connectivity index (χ3n) is 2.32. The number of hydrogen-bond donors (Lipinski definition) is 3. The second-order valence-electron chi connectivity index (χ2n) is 3.61. The zero-order valence-electron chi connectivity index (χ0n) is 10.2. The Bertz CT molecular complexity index is 458. The Balaban J connectivity index is 2.55. The molecule has 0 saturated carbocycles. The Kier molecular flexibility index (Phi) is 5.14. The van der Waals surface area contributed by atoms with Gasteiger partial charge in [0, 0.05) is 7.05 Å². The van der Waals surface area contributed by atoms with E-state index in [1.807, 2.05) is 6.92 Å². The number of rotatable bonds is 5. The molecule has 0 aromatic carbocycles. The molecule has 0 spiro atoms. The van der Waals surface area contributed by atoms with E-state index >= 15 is 0 Å². The van der Waals surface area contributed by atoms with E-state index in [1.165, 1.54) is 0 Å². The Labute approximate surface area is 113 Å². The average Bonchev–Trinajstić information content (AvgIpc) is 2.59. The molecule has 7 nitrogen and oxygen atoms in total. The molecule has 0 aliphatic heterocycles. The first-order valence-corrected chi connectivity index (χ1v) is 6.18. The van der Waals surface area contributed by atoms with Crippen molar-refractivity contribution in [2.75, 3.05) is 6.54 Å². The largest absolute Gasteiger partial charge is 0.480 e.